The number of aliphatic imine (C=N–C) groups is 1. The number of fused-ring (bicyclic) bond motifs is 1. The molecule has 2 fully saturated rings. The molecule has 0 aromatic heterocycles. The van der Waals surface area contributed by atoms with Crippen molar-refractivity contribution in [2.45, 2.75) is 17.7 Å². The first kappa shape index (κ1) is 21.7. The lowest BCUT2D eigenvalue weighted by molar-refractivity contribution is 0.100. The maximum absolute atomic E-state index is 12.9. The van der Waals surface area contributed by atoms with E-state index in [1.807, 2.05) is 35.2 Å². The van der Waals surface area contributed by atoms with E-state index < -0.39 is 15.7 Å². The Bertz CT molecular complexity index is 1080. The van der Waals surface area contributed by atoms with Crippen LogP contribution in [0.5, 0.6) is 11.5 Å². The third-order valence-electron chi connectivity index (χ3n) is 5.45. The molecule has 2 heterocycles. The van der Waals surface area contributed by atoms with Crippen molar-refractivity contribution in [3.8, 4) is 11.5 Å². The second-order valence-electron chi connectivity index (χ2n) is 7.53. The highest BCUT2D eigenvalue weighted by Crippen LogP contribution is 2.38. The van der Waals surface area contributed by atoms with Crippen molar-refractivity contribution in [2.24, 2.45) is 4.99 Å². The first-order valence-corrected chi connectivity index (χ1v) is 12.6. The highest BCUT2D eigenvalue weighted by molar-refractivity contribution is 8.15. The summed E-state index contributed by atoms with van der Waals surface area (Å²) in [5, 5.41) is 0.472. The Kier molecular flexibility index (Phi) is 6.24. The number of carbonyl (C=O) groups excluding carboxylic acids is 1. The molecule has 0 unspecified atom stereocenters. The van der Waals surface area contributed by atoms with Crippen LogP contribution in [0.15, 0.2) is 53.5 Å². The summed E-state index contributed by atoms with van der Waals surface area (Å²) in [6.07, 6.45) is 0.741. The number of amides is 1. The third kappa shape index (κ3) is 4.88. The minimum atomic E-state index is -3.08. The van der Waals surface area contributed by atoms with Gasteiger partial charge in [0.25, 0.3) is 5.91 Å². The number of hydrogen-bond donors (Lipinski definition) is 0. The van der Waals surface area contributed by atoms with E-state index in [1.54, 1.807) is 18.2 Å². The van der Waals surface area contributed by atoms with E-state index in [0.717, 1.165) is 12.0 Å². The number of carbonyl (C=O) groups is 1. The fourth-order valence-electron chi connectivity index (χ4n) is 3.87. The molecule has 2 saturated heterocycles. The molecule has 0 N–H and O–H groups in total. The van der Waals surface area contributed by atoms with Crippen molar-refractivity contribution < 1.29 is 22.7 Å². The molecular formula is C22H24N2O5S2. The van der Waals surface area contributed by atoms with E-state index in [4.69, 9.17) is 9.47 Å². The molecule has 9 heteroatoms. The Hall–Kier alpha value is -2.52. The first-order chi connectivity index (χ1) is 14.9. The van der Waals surface area contributed by atoms with E-state index in [2.05, 4.69) is 4.99 Å². The smallest absolute Gasteiger partial charge is 0.279 e. The summed E-state index contributed by atoms with van der Waals surface area (Å²) in [6, 6.07) is 14.8. The third-order valence-corrected chi connectivity index (χ3v) is 8.70. The fourth-order valence-corrected chi connectivity index (χ4v) is 7.85. The molecule has 2 atom stereocenters. The van der Waals surface area contributed by atoms with Gasteiger partial charge in [-0.25, -0.2) is 8.42 Å². The standard InChI is InChI=1S/C22H24N2O5S2/c1-28-17-10-16(11-18(12-17)29-2)21(25)23-22-24(9-8-15-6-4-3-5-7-15)19-13-31(26,27)14-20(19)30-22/h3-7,10-12,19-20H,8-9,13-14H2,1-2H3/t19-,20-/m0/s1. The molecule has 0 aliphatic carbocycles. The summed E-state index contributed by atoms with van der Waals surface area (Å²) in [4.78, 5) is 19.3. The van der Waals surface area contributed by atoms with E-state index in [0.29, 0.717) is 28.8 Å². The summed E-state index contributed by atoms with van der Waals surface area (Å²) in [5.74, 6) is 0.813. The van der Waals surface area contributed by atoms with Crippen LogP contribution in [-0.4, -0.2) is 68.0 Å². The van der Waals surface area contributed by atoms with Gasteiger partial charge in [-0.1, -0.05) is 42.1 Å². The van der Waals surface area contributed by atoms with Gasteiger partial charge in [0.15, 0.2) is 15.0 Å². The molecule has 164 valence electrons. The van der Waals surface area contributed by atoms with Gasteiger partial charge < -0.3 is 14.4 Å². The molecule has 0 bridgehead atoms. The van der Waals surface area contributed by atoms with E-state index in [1.165, 1.54) is 26.0 Å². The zero-order valence-corrected chi connectivity index (χ0v) is 19.0. The zero-order valence-electron chi connectivity index (χ0n) is 17.4. The van der Waals surface area contributed by atoms with Crippen molar-refractivity contribution in [3.63, 3.8) is 0 Å². The molecule has 2 aliphatic rings. The Morgan fingerprint density at radius 3 is 2.42 bits per heavy atom. The van der Waals surface area contributed by atoms with Crippen molar-refractivity contribution in [2.75, 3.05) is 32.3 Å². The van der Waals surface area contributed by atoms with Crippen LogP contribution < -0.4 is 9.47 Å². The molecule has 2 aromatic carbocycles. The van der Waals surface area contributed by atoms with Gasteiger partial charge in [-0.05, 0) is 24.1 Å². The number of amidine groups is 1. The monoisotopic (exact) mass is 460 g/mol. The van der Waals surface area contributed by atoms with E-state index in [-0.39, 0.29) is 22.8 Å². The average molecular weight is 461 g/mol. The number of benzene rings is 2. The molecule has 4 rings (SSSR count). The van der Waals surface area contributed by atoms with E-state index in [9.17, 15) is 13.2 Å². The number of thioether (sulfide) groups is 1. The van der Waals surface area contributed by atoms with Crippen LogP contribution in [0.3, 0.4) is 0 Å². The highest BCUT2D eigenvalue weighted by atomic mass is 32.2. The maximum atomic E-state index is 12.9. The van der Waals surface area contributed by atoms with Gasteiger partial charge in [0.05, 0.1) is 31.8 Å². The summed E-state index contributed by atoms with van der Waals surface area (Å²) < 4.78 is 34.9. The number of methoxy groups -OCH3 is 2. The largest absolute Gasteiger partial charge is 0.497 e. The fraction of sp³-hybridized carbons (Fsp3) is 0.364. The molecule has 2 aliphatic heterocycles. The molecule has 0 spiro atoms. The van der Waals surface area contributed by atoms with Gasteiger partial charge >= 0.3 is 0 Å². The topological polar surface area (TPSA) is 85.3 Å². The minimum Gasteiger partial charge on any atom is -0.497 e. The predicted molar refractivity (Wildman–Crippen MR) is 122 cm³/mol. The number of nitrogens with zero attached hydrogens (tertiary/aromatic N) is 2. The lowest BCUT2D eigenvalue weighted by atomic mass is 10.1. The van der Waals surface area contributed by atoms with Crippen molar-refractivity contribution in [3.05, 3.63) is 59.7 Å². The maximum Gasteiger partial charge on any atom is 0.279 e. The summed E-state index contributed by atoms with van der Waals surface area (Å²) >= 11 is 1.38. The van der Waals surface area contributed by atoms with Crippen LogP contribution in [0.4, 0.5) is 0 Å². The Morgan fingerprint density at radius 1 is 1.10 bits per heavy atom. The van der Waals surface area contributed by atoms with Gasteiger partial charge in [0.2, 0.25) is 0 Å². The van der Waals surface area contributed by atoms with Crippen molar-refractivity contribution in [1.29, 1.82) is 0 Å². The SMILES string of the molecule is COc1cc(OC)cc(C(=O)N=C2S[C@H]3CS(=O)(=O)C[C@@H]3N2CCc2ccccc2)c1. The van der Waals surface area contributed by atoms with Crippen LogP contribution in [0.1, 0.15) is 15.9 Å². The Balaban J connectivity index is 1.60. The minimum absolute atomic E-state index is 0.0969. The number of sulfone groups is 1. The average Bonchev–Trinajstić information content (AvgIpc) is 3.23. The molecule has 0 saturated carbocycles. The number of hydrogen-bond acceptors (Lipinski definition) is 6. The van der Waals surface area contributed by atoms with Crippen molar-refractivity contribution >= 4 is 32.7 Å². The summed E-state index contributed by atoms with van der Waals surface area (Å²) in [5.41, 5.74) is 1.51. The van der Waals surface area contributed by atoms with Crippen LogP contribution in [0.25, 0.3) is 0 Å². The molecule has 31 heavy (non-hydrogen) atoms. The van der Waals surface area contributed by atoms with Crippen LogP contribution in [0, 0.1) is 0 Å². The first-order valence-electron chi connectivity index (χ1n) is 9.92. The molecular weight excluding hydrogens is 436 g/mol. The second-order valence-corrected chi connectivity index (χ2v) is 10.9. The Morgan fingerprint density at radius 2 is 1.77 bits per heavy atom. The normalized spacial score (nSPS) is 23.0. The van der Waals surface area contributed by atoms with Crippen LogP contribution in [-0.2, 0) is 16.3 Å². The summed E-state index contributed by atoms with van der Waals surface area (Å²) in [7, 11) is -0.0339. The quantitative estimate of drug-likeness (QED) is 0.655. The second kappa shape index (κ2) is 8.92. The molecule has 7 nitrogen and oxygen atoms in total. The van der Waals surface area contributed by atoms with Gasteiger partial charge in [-0.15, -0.1) is 0 Å². The number of ether oxygens (including phenoxy) is 2. The van der Waals surface area contributed by atoms with Gasteiger partial charge in [0, 0.05) is 23.4 Å². The lowest BCUT2D eigenvalue weighted by Crippen LogP contribution is -2.39. The van der Waals surface area contributed by atoms with E-state index >= 15 is 0 Å². The predicted octanol–water partition coefficient (Wildman–Crippen LogP) is 2.66. The highest BCUT2D eigenvalue weighted by Gasteiger charge is 2.48. The Labute approximate surface area is 186 Å². The number of rotatable bonds is 6. The molecule has 2 aromatic rings. The van der Waals surface area contributed by atoms with Gasteiger partial charge in [-0.3, -0.25) is 4.79 Å². The molecule has 1 amide bonds. The van der Waals surface area contributed by atoms with Gasteiger partial charge in [-0.2, -0.15) is 4.99 Å². The van der Waals surface area contributed by atoms with Crippen LogP contribution in [0.2, 0.25) is 0 Å². The summed E-state index contributed by atoms with van der Waals surface area (Å²) in [6.45, 7) is 0.598. The zero-order chi connectivity index (χ0) is 22.0. The lowest BCUT2D eigenvalue weighted by Gasteiger charge is -2.24. The van der Waals surface area contributed by atoms with Crippen LogP contribution >= 0.6 is 11.8 Å². The van der Waals surface area contributed by atoms with Crippen molar-refractivity contribution in [1.82, 2.24) is 4.90 Å². The van der Waals surface area contributed by atoms with Gasteiger partial charge in [0.1, 0.15) is 11.5 Å². The molecule has 0 radical (unpaired) electrons.